The Kier molecular flexibility index (Phi) is 5.70. The van der Waals surface area contributed by atoms with Gasteiger partial charge >= 0.3 is 0 Å². The maximum atomic E-state index is 13.1. The van der Waals surface area contributed by atoms with Crippen LogP contribution in [0.15, 0.2) is 54.3 Å². The van der Waals surface area contributed by atoms with Crippen LogP contribution in [0.3, 0.4) is 0 Å². The number of nitrogens with zero attached hydrogens (tertiary/aromatic N) is 5. The van der Waals surface area contributed by atoms with Crippen molar-refractivity contribution in [1.82, 2.24) is 23.8 Å². The zero-order chi connectivity index (χ0) is 22.1. The average Bonchev–Trinajstić information content (AvgIpc) is 3.53. The van der Waals surface area contributed by atoms with E-state index in [1.807, 2.05) is 46.0 Å². The Morgan fingerprint density at radius 2 is 2.09 bits per heavy atom. The Bertz CT molecular complexity index is 1210. The summed E-state index contributed by atoms with van der Waals surface area (Å²) in [4.78, 5) is 25.7. The molecule has 1 saturated heterocycles. The Balaban J connectivity index is 1.35. The monoisotopic (exact) mass is 448 g/mol. The van der Waals surface area contributed by atoms with E-state index >= 15 is 0 Å². The fourth-order valence-electron chi connectivity index (χ4n) is 4.48. The van der Waals surface area contributed by atoms with E-state index in [-0.39, 0.29) is 11.8 Å². The van der Waals surface area contributed by atoms with Crippen LogP contribution in [0.5, 0.6) is 0 Å². The third-order valence-electron chi connectivity index (χ3n) is 6.04. The van der Waals surface area contributed by atoms with Crippen LogP contribution in [0.1, 0.15) is 50.0 Å². The summed E-state index contributed by atoms with van der Waals surface area (Å²) in [6, 6.07) is 10.1. The zero-order valence-corrected chi connectivity index (χ0v) is 19.3. The highest BCUT2D eigenvalue weighted by Gasteiger charge is 2.29. The third kappa shape index (κ3) is 4.02. The predicted octanol–water partition coefficient (Wildman–Crippen LogP) is 4.87. The van der Waals surface area contributed by atoms with Crippen LogP contribution in [0.4, 0.5) is 11.6 Å². The highest BCUT2D eigenvalue weighted by molar-refractivity contribution is 7.15. The summed E-state index contributed by atoms with van der Waals surface area (Å²) in [7, 11) is 0. The van der Waals surface area contributed by atoms with Gasteiger partial charge in [-0.1, -0.05) is 32.0 Å². The van der Waals surface area contributed by atoms with Gasteiger partial charge < -0.3 is 14.8 Å². The average molecular weight is 449 g/mol. The van der Waals surface area contributed by atoms with Crippen molar-refractivity contribution in [3.63, 3.8) is 0 Å². The van der Waals surface area contributed by atoms with Crippen molar-refractivity contribution in [3.8, 4) is 0 Å². The highest BCUT2D eigenvalue weighted by Crippen LogP contribution is 2.34. The zero-order valence-electron chi connectivity index (χ0n) is 18.4. The first-order valence-electron chi connectivity index (χ1n) is 11.2. The van der Waals surface area contributed by atoms with Crippen molar-refractivity contribution in [2.45, 2.75) is 45.1 Å². The molecule has 1 atom stereocenters. The summed E-state index contributed by atoms with van der Waals surface area (Å²) in [5.74, 6) is 2.46. The molecule has 1 aromatic carbocycles. The summed E-state index contributed by atoms with van der Waals surface area (Å²) in [6.07, 6.45) is 7.77. The van der Waals surface area contributed by atoms with Gasteiger partial charge in [0.2, 0.25) is 11.9 Å². The molecule has 3 aromatic heterocycles. The molecule has 0 spiro atoms. The first kappa shape index (κ1) is 20.8. The molecule has 0 saturated carbocycles. The topological polar surface area (TPSA) is 67.5 Å². The quantitative estimate of drug-likeness (QED) is 0.457. The molecule has 0 aliphatic carbocycles. The van der Waals surface area contributed by atoms with E-state index in [2.05, 4.69) is 40.1 Å². The minimum atomic E-state index is 0.152. The van der Waals surface area contributed by atoms with Crippen molar-refractivity contribution < 1.29 is 4.79 Å². The van der Waals surface area contributed by atoms with Crippen LogP contribution in [0.2, 0.25) is 0 Å². The maximum Gasteiger partial charge on any atom is 0.242 e. The number of hydrogen-bond acceptors (Lipinski definition) is 5. The molecule has 4 heterocycles. The van der Waals surface area contributed by atoms with Crippen molar-refractivity contribution in [3.05, 3.63) is 65.8 Å². The number of anilines is 2. The lowest BCUT2D eigenvalue weighted by Gasteiger charge is -2.32. The van der Waals surface area contributed by atoms with Crippen molar-refractivity contribution in [1.29, 1.82) is 0 Å². The molecule has 1 N–H and O–H groups in total. The first-order chi connectivity index (χ1) is 15.6. The number of fused-ring (bicyclic) bond motifs is 1. The lowest BCUT2D eigenvalue weighted by molar-refractivity contribution is -0.133. The van der Waals surface area contributed by atoms with Gasteiger partial charge in [-0.15, -0.1) is 11.3 Å². The number of thiazole rings is 1. The molecule has 166 valence electrons. The molecule has 0 bridgehead atoms. The molecule has 1 amide bonds. The van der Waals surface area contributed by atoms with Crippen LogP contribution in [-0.2, 0) is 11.3 Å². The van der Waals surface area contributed by atoms with Gasteiger partial charge in [0.25, 0.3) is 0 Å². The number of aromatic nitrogens is 4. The van der Waals surface area contributed by atoms with E-state index < -0.39 is 0 Å². The smallest absolute Gasteiger partial charge is 0.242 e. The number of benzene rings is 1. The van der Waals surface area contributed by atoms with Gasteiger partial charge in [-0.05, 0) is 25.0 Å². The standard InChI is InChI=1S/C24H28N6OS/c1-17(2)22-25-10-12-29(22)16-20(31)28-11-6-7-18(15-28)21-23-30(13-14-32-23)24(27-21)26-19-8-4-3-5-9-19/h3-5,8-10,12-14,17-18H,6-7,11,15-16H2,1-2H3,(H,26,27)/t18-/m1/s1. The van der Waals surface area contributed by atoms with E-state index in [4.69, 9.17) is 4.98 Å². The van der Waals surface area contributed by atoms with Gasteiger partial charge in [-0.2, -0.15) is 0 Å². The van der Waals surface area contributed by atoms with Gasteiger partial charge in [-0.25, -0.2) is 9.97 Å². The molecule has 4 aromatic rings. The SMILES string of the molecule is CC(C)c1nccn1CC(=O)N1CCC[C@@H](c2nc(Nc3ccccc3)n3ccsc23)C1. The Hall–Kier alpha value is -3.13. The second-order valence-electron chi connectivity index (χ2n) is 8.64. The van der Waals surface area contributed by atoms with E-state index in [1.165, 1.54) is 0 Å². The number of likely N-dealkylation sites (tertiary alicyclic amines) is 1. The molecule has 8 heteroatoms. The Morgan fingerprint density at radius 1 is 1.25 bits per heavy atom. The lowest BCUT2D eigenvalue weighted by atomic mass is 9.95. The summed E-state index contributed by atoms with van der Waals surface area (Å²) in [5.41, 5.74) is 2.10. The van der Waals surface area contributed by atoms with E-state index in [0.29, 0.717) is 19.0 Å². The van der Waals surface area contributed by atoms with Crippen LogP contribution in [-0.4, -0.2) is 42.8 Å². The number of hydrogen-bond donors (Lipinski definition) is 1. The minimum Gasteiger partial charge on any atom is -0.340 e. The second-order valence-corrected chi connectivity index (χ2v) is 9.53. The van der Waals surface area contributed by atoms with Crippen LogP contribution in [0, 0.1) is 0 Å². The Labute approximate surface area is 191 Å². The largest absolute Gasteiger partial charge is 0.340 e. The number of para-hydroxylation sites is 1. The van der Waals surface area contributed by atoms with Crippen LogP contribution >= 0.6 is 11.3 Å². The second kappa shape index (κ2) is 8.78. The maximum absolute atomic E-state index is 13.1. The molecule has 1 aliphatic heterocycles. The number of amides is 1. The number of carbonyl (C=O) groups excluding carboxylic acids is 1. The fraction of sp³-hybridized carbons (Fsp3) is 0.375. The van der Waals surface area contributed by atoms with Gasteiger partial charge in [0.1, 0.15) is 17.2 Å². The van der Waals surface area contributed by atoms with E-state index in [9.17, 15) is 4.79 Å². The molecule has 7 nitrogen and oxygen atoms in total. The van der Waals surface area contributed by atoms with Crippen LogP contribution < -0.4 is 5.32 Å². The van der Waals surface area contributed by atoms with Gasteiger partial charge in [0.05, 0.1) is 5.69 Å². The molecule has 0 unspecified atom stereocenters. The molecule has 1 aliphatic rings. The van der Waals surface area contributed by atoms with Crippen molar-refractivity contribution in [2.24, 2.45) is 0 Å². The van der Waals surface area contributed by atoms with Crippen molar-refractivity contribution >= 4 is 33.7 Å². The molecular formula is C24H28N6OS. The summed E-state index contributed by atoms with van der Waals surface area (Å²) < 4.78 is 4.10. The number of carbonyl (C=O) groups is 1. The highest BCUT2D eigenvalue weighted by atomic mass is 32.1. The molecule has 5 rings (SSSR count). The Morgan fingerprint density at radius 3 is 2.91 bits per heavy atom. The summed E-state index contributed by atoms with van der Waals surface area (Å²) >= 11 is 1.70. The number of piperidine rings is 1. The fourth-order valence-corrected chi connectivity index (χ4v) is 5.38. The predicted molar refractivity (Wildman–Crippen MR) is 128 cm³/mol. The molecule has 0 radical (unpaired) electrons. The number of rotatable bonds is 6. The minimum absolute atomic E-state index is 0.152. The van der Waals surface area contributed by atoms with E-state index in [1.54, 1.807) is 17.5 Å². The van der Waals surface area contributed by atoms with Gasteiger partial charge in [0.15, 0.2) is 0 Å². The van der Waals surface area contributed by atoms with Gasteiger partial charge in [-0.3, -0.25) is 9.20 Å². The normalized spacial score (nSPS) is 16.7. The summed E-state index contributed by atoms with van der Waals surface area (Å²) in [6.45, 7) is 6.06. The van der Waals surface area contributed by atoms with Crippen LogP contribution in [0.25, 0.3) is 4.83 Å². The molecule has 32 heavy (non-hydrogen) atoms. The number of nitrogens with one attached hydrogen (secondary N) is 1. The molecular weight excluding hydrogens is 420 g/mol. The van der Waals surface area contributed by atoms with E-state index in [0.717, 1.165) is 47.4 Å². The first-order valence-corrected chi connectivity index (χ1v) is 12.0. The summed E-state index contributed by atoms with van der Waals surface area (Å²) in [5, 5.41) is 5.53. The lowest BCUT2D eigenvalue weighted by Crippen LogP contribution is -2.41. The molecule has 1 fully saturated rings. The number of imidazole rings is 2. The van der Waals surface area contributed by atoms with Gasteiger partial charge in [0, 0.05) is 54.6 Å². The van der Waals surface area contributed by atoms with Crippen molar-refractivity contribution in [2.75, 3.05) is 18.4 Å². The third-order valence-corrected chi connectivity index (χ3v) is 6.93.